The van der Waals surface area contributed by atoms with Crippen molar-refractivity contribution < 1.29 is 24.3 Å². The number of carbonyl (C=O) groups excluding carboxylic acids is 3. The lowest BCUT2D eigenvalue weighted by Crippen LogP contribution is -2.58. The van der Waals surface area contributed by atoms with Crippen molar-refractivity contribution in [2.75, 3.05) is 6.54 Å². The lowest BCUT2D eigenvalue weighted by atomic mass is 10.00. The van der Waals surface area contributed by atoms with Gasteiger partial charge in [0.05, 0.1) is 6.04 Å². The molecule has 0 saturated carbocycles. The highest BCUT2D eigenvalue weighted by Crippen LogP contribution is 2.20. The number of hydrogen-bond donors (Lipinski definition) is 4. The second-order valence-electron chi connectivity index (χ2n) is 8.30. The zero-order chi connectivity index (χ0) is 23.1. The molecule has 1 aromatic rings. The average Bonchev–Trinajstić information content (AvgIpc) is 3.21. The molecule has 3 amide bonds. The Kier molecular flexibility index (Phi) is 8.56. The molecule has 9 nitrogen and oxygen atoms in total. The van der Waals surface area contributed by atoms with Crippen LogP contribution in [0.1, 0.15) is 39.2 Å². The summed E-state index contributed by atoms with van der Waals surface area (Å²) in [6, 6.07) is 5.67. The average molecular weight is 433 g/mol. The Hall–Kier alpha value is -2.94. The van der Waals surface area contributed by atoms with Gasteiger partial charge in [0, 0.05) is 13.0 Å². The number of nitrogens with zero attached hydrogens (tertiary/aromatic N) is 1. The lowest BCUT2D eigenvalue weighted by Gasteiger charge is -2.30. The van der Waals surface area contributed by atoms with Gasteiger partial charge in [-0.3, -0.25) is 14.4 Å². The number of aliphatic carboxylic acids is 1. The van der Waals surface area contributed by atoms with E-state index in [2.05, 4.69) is 10.6 Å². The van der Waals surface area contributed by atoms with Crippen LogP contribution < -0.4 is 16.4 Å². The number of hydrogen-bond acceptors (Lipinski definition) is 5. The quantitative estimate of drug-likeness (QED) is 0.441. The Morgan fingerprint density at radius 2 is 1.74 bits per heavy atom. The highest BCUT2D eigenvalue weighted by atomic mass is 16.4. The third-order valence-corrected chi connectivity index (χ3v) is 5.38. The third kappa shape index (κ3) is 6.52. The summed E-state index contributed by atoms with van der Waals surface area (Å²) in [5.41, 5.74) is 6.48. The predicted octanol–water partition coefficient (Wildman–Crippen LogP) is 0.278. The van der Waals surface area contributed by atoms with Gasteiger partial charge < -0.3 is 26.4 Å². The fraction of sp³-hybridized carbons (Fsp3) is 0.545. The van der Waals surface area contributed by atoms with Crippen LogP contribution in [0.4, 0.5) is 0 Å². The molecule has 1 aliphatic rings. The summed E-state index contributed by atoms with van der Waals surface area (Å²) in [4.78, 5) is 51.2. The summed E-state index contributed by atoms with van der Waals surface area (Å²) in [6.45, 7) is 5.42. The Morgan fingerprint density at radius 1 is 1.10 bits per heavy atom. The molecule has 31 heavy (non-hydrogen) atoms. The molecule has 0 aliphatic carbocycles. The molecular formula is C22H32N4O5. The second kappa shape index (κ2) is 10.9. The van der Waals surface area contributed by atoms with Crippen LogP contribution in [0.5, 0.6) is 0 Å². The predicted molar refractivity (Wildman–Crippen MR) is 115 cm³/mol. The topological polar surface area (TPSA) is 142 Å². The van der Waals surface area contributed by atoms with E-state index in [9.17, 15) is 24.3 Å². The molecule has 2 rings (SSSR count). The largest absolute Gasteiger partial charge is 0.480 e. The summed E-state index contributed by atoms with van der Waals surface area (Å²) in [5.74, 6) is -2.74. The molecule has 1 aromatic carbocycles. The van der Waals surface area contributed by atoms with E-state index in [1.54, 1.807) is 13.8 Å². The van der Waals surface area contributed by atoms with Crippen molar-refractivity contribution in [3.8, 4) is 0 Å². The number of nitrogens with one attached hydrogen (secondary N) is 2. The molecule has 170 valence electrons. The van der Waals surface area contributed by atoms with Crippen molar-refractivity contribution in [3.63, 3.8) is 0 Å². The first-order valence-corrected chi connectivity index (χ1v) is 10.5. The minimum Gasteiger partial charge on any atom is -0.480 e. The van der Waals surface area contributed by atoms with Crippen LogP contribution >= 0.6 is 0 Å². The Morgan fingerprint density at radius 3 is 2.29 bits per heavy atom. The van der Waals surface area contributed by atoms with E-state index in [1.165, 1.54) is 11.8 Å². The molecule has 0 bridgehead atoms. The number of carboxylic acid groups (broad SMARTS) is 1. The minimum atomic E-state index is -1.05. The van der Waals surface area contributed by atoms with Crippen molar-refractivity contribution >= 4 is 23.7 Å². The van der Waals surface area contributed by atoms with Gasteiger partial charge in [-0.05, 0) is 31.2 Å². The van der Waals surface area contributed by atoms with E-state index in [0.717, 1.165) is 5.56 Å². The van der Waals surface area contributed by atoms with Crippen LogP contribution in [0, 0.1) is 5.92 Å². The van der Waals surface area contributed by atoms with E-state index >= 15 is 0 Å². The fourth-order valence-corrected chi connectivity index (χ4v) is 3.60. The van der Waals surface area contributed by atoms with Crippen molar-refractivity contribution in [3.05, 3.63) is 35.9 Å². The Balaban J connectivity index is 2.19. The third-order valence-electron chi connectivity index (χ3n) is 5.38. The highest BCUT2D eigenvalue weighted by molar-refractivity contribution is 5.94. The maximum atomic E-state index is 13.1. The van der Waals surface area contributed by atoms with Gasteiger partial charge in [0.15, 0.2) is 0 Å². The number of nitrogens with two attached hydrogens (primary N) is 1. The number of likely N-dealkylation sites (tertiary alicyclic amines) is 1. The van der Waals surface area contributed by atoms with Gasteiger partial charge in [-0.1, -0.05) is 44.2 Å². The van der Waals surface area contributed by atoms with Crippen molar-refractivity contribution in [2.24, 2.45) is 11.7 Å². The molecule has 5 N–H and O–H groups in total. The van der Waals surface area contributed by atoms with Crippen LogP contribution in [0.25, 0.3) is 0 Å². The summed E-state index contributed by atoms with van der Waals surface area (Å²) in [5, 5.41) is 14.8. The lowest BCUT2D eigenvalue weighted by molar-refractivity contribution is -0.150. The normalized spacial score (nSPS) is 18.9. The first-order valence-electron chi connectivity index (χ1n) is 10.5. The SMILES string of the molecule is CC(N)C(=O)NC(Cc1ccccc1)C(=O)NC(C(=O)N1CCCC1C(=O)O)C(C)C. The minimum absolute atomic E-state index is 0.228. The van der Waals surface area contributed by atoms with Crippen LogP contribution in [-0.4, -0.2) is 64.4 Å². The van der Waals surface area contributed by atoms with Crippen LogP contribution in [0.2, 0.25) is 0 Å². The summed E-state index contributed by atoms with van der Waals surface area (Å²) >= 11 is 0. The molecule has 1 aliphatic heterocycles. The van der Waals surface area contributed by atoms with Gasteiger partial charge in [-0.25, -0.2) is 4.79 Å². The van der Waals surface area contributed by atoms with Crippen molar-refractivity contribution in [1.82, 2.24) is 15.5 Å². The van der Waals surface area contributed by atoms with E-state index in [1.807, 2.05) is 30.3 Å². The highest BCUT2D eigenvalue weighted by Gasteiger charge is 2.39. The number of amides is 3. The molecule has 0 radical (unpaired) electrons. The van der Waals surface area contributed by atoms with Crippen LogP contribution in [-0.2, 0) is 25.6 Å². The molecule has 4 atom stereocenters. The van der Waals surface area contributed by atoms with Gasteiger partial charge in [0.25, 0.3) is 0 Å². The van der Waals surface area contributed by atoms with Gasteiger partial charge in [0.2, 0.25) is 17.7 Å². The first-order chi connectivity index (χ1) is 14.6. The number of rotatable bonds is 9. The molecule has 0 spiro atoms. The molecule has 9 heteroatoms. The smallest absolute Gasteiger partial charge is 0.326 e. The number of carbonyl (C=O) groups is 4. The zero-order valence-corrected chi connectivity index (χ0v) is 18.2. The summed E-state index contributed by atoms with van der Waals surface area (Å²) in [7, 11) is 0. The van der Waals surface area contributed by atoms with Gasteiger partial charge in [-0.15, -0.1) is 0 Å². The molecule has 1 saturated heterocycles. The molecule has 1 fully saturated rings. The van der Waals surface area contributed by atoms with E-state index in [-0.39, 0.29) is 12.3 Å². The summed E-state index contributed by atoms with van der Waals surface area (Å²) < 4.78 is 0. The zero-order valence-electron chi connectivity index (χ0n) is 18.2. The van der Waals surface area contributed by atoms with Crippen molar-refractivity contribution in [2.45, 2.75) is 64.2 Å². The summed E-state index contributed by atoms with van der Waals surface area (Å²) in [6.07, 6.45) is 1.22. The van der Waals surface area contributed by atoms with Gasteiger partial charge in [0.1, 0.15) is 18.1 Å². The Labute approximate surface area is 182 Å². The van der Waals surface area contributed by atoms with E-state index < -0.39 is 47.9 Å². The molecular weight excluding hydrogens is 400 g/mol. The number of benzene rings is 1. The monoisotopic (exact) mass is 432 g/mol. The number of carboxylic acids is 1. The maximum Gasteiger partial charge on any atom is 0.326 e. The van der Waals surface area contributed by atoms with E-state index in [0.29, 0.717) is 19.4 Å². The van der Waals surface area contributed by atoms with Crippen LogP contribution in [0.3, 0.4) is 0 Å². The second-order valence-corrected chi connectivity index (χ2v) is 8.30. The van der Waals surface area contributed by atoms with E-state index in [4.69, 9.17) is 5.73 Å². The fourth-order valence-electron chi connectivity index (χ4n) is 3.60. The van der Waals surface area contributed by atoms with Crippen LogP contribution in [0.15, 0.2) is 30.3 Å². The first kappa shape index (κ1) is 24.3. The molecule has 4 unspecified atom stereocenters. The van der Waals surface area contributed by atoms with Crippen molar-refractivity contribution in [1.29, 1.82) is 0 Å². The standard InChI is InChI=1S/C22H32N4O5/c1-13(2)18(21(29)26-11-7-10-17(26)22(30)31)25-20(28)16(24-19(27)14(3)23)12-15-8-5-4-6-9-15/h4-6,8-9,13-14,16-18H,7,10-12,23H2,1-3H3,(H,24,27)(H,25,28)(H,30,31). The van der Waals surface area contributed by atoms with Gasteiger partial charge in [-0.2, -0.15) is 0 Å². The molecule has 1 heterocycles. The Bertz CT molecular complexity index is 796. The molecule has 0 aromatic heterocycles. The van der Waals surface area contributed by atoms with Gasteiger partial charge >= 0.3 is 5.97 Å². The maximum absolute atomic E-state index is 13.1.